The van der Waals surface area contributed by atoms with E-state index in [-0.39, 0.29) is 31.1 Å². The lowest BCUT2D eigenvalue weighted by Crippen LogP contribution is -2.36. The Morgan fingerprint density at radius 3 is 2.75 bits per heavy atom. The van der Waals surface area contributed by atoms with E-state index in [1.54, 1.807) is 0 Å². The number of H-pyrrole nitrogens is 1. The van der Waals surface area contributed by atoms with Crippen LogP contribution in [0.2, 0.25) is 0 Å². The van der Waals surface area contributed by atoms with Crippen LogP contribution >= 0.6 is 0 Å². The number of amides is 2. The van der Waals surface area contributed by atoms with Crippen molar-refractivity contribution in [3.05, 3.63) is 63.1 Å². The van der Waals surface area contributed by atoms with Crippen molar-refractivity contribution in [2.24, 2.45) is 11.8 Å². The Morgan fingerprint density at radius 1 is 1.28 bits per heavy atom. The second kappa shape index (κ2) is 7.95. The van der Waals surface area contributed by atoms with Gasteiger partial charge in [-0.05, 0) is 18.4 Å². The molecule has 2 unspecified atom stereocenters. The molecule has 1 saturated heterocycles. The molecule has 2 heterocycles. The lowest BCUT2D eigenvalue weighted by molar-refractivity contribution is -0.0317. The number of aromatic amines is 1. The van der Waals surface area contributed by atoms with E-state index in [0.717, 1.165) is 23.2 Å². The van der Waals surface area contributed by atoms with Gasteiger partial charge < -0.3 is 20.3 Å². The van der Waals surface area contributed by atoms with Crippen molar-refractivity contribution in [1.29, 1.82) is 0 Å². The topological polar surface area (TPSA) is 102 Å². The molecular weight excluding hydrogens is 434 g/mol. The molecule has 2 aliphatic rings. The quantitative estimate of drug-likeness (QED) is 0.619. The molecule has 1 aliphatic heterocycles. The van der Waals surface area contributed by atoms with Crippen molar-refractivity contribution < 1.29 is 32.3 Å². The predicted molar refractivity (Wildman–Crippen MR) is 103 cm³/mol. The van der Waals surface area contributed by atoms with Gasteiger partial charge in [-0.25, -0.2) is 17.6 Å². The van der Waals surface area contributed by atoms with Crippen LogP contribution in [-0.4, -0.2) is 45.8 Å². The molecule has 2 aromatic rings. The summed E-state index contributed by atoms with van der Waals surface area (Å²) in [5, 5.41) is 12.5. The highest BCUT2D eigenvalue weighted by molar-refractivity contribution is 5.98. The van der Waals surface area contributed by atoms with Gasteiger partial charge in [0.25, 0.3) is 17.7 Å². The highest BCUT2D eigenvalue weighted by Gasteiger charge is 2.57. The van der Waals surface area contributed by atoms with Crippen LogP contribution in [0.3, 0.4) is 0 Å². The third-order valence-electron chi connectivity index (χ3n) is 5.89. The lowest BCUT2D eigenvalue weighted by Gasteiger charge is -2.22. The van der Waals surface area contributed by atoms with E-state index in [4.69, 9.17) is 0 Å². The summed E-state index contributed by atoms with van der Waals surface area (Å²) in [5.41, 5.74) is -2.21. The van der Waals surface area contributed by atoms with Gasteiger partial charge in [-0.1, -0.05) is 6.07 Å². The fourth-order valence-electron chi connectivity index (χ4n) is 3.94. The van der Waals surface area contributed by atoms with E-state index in [1.165, 1.54) is 0 Å². The maximum Gasteiger partial charge on any atom is 0.274 e. The highest BCUT2D eigenvalue weighted by atomic mass is 19.3. The predicted octanol–water partition coefficient (Wildman–Crippen LogP) is 2.41. The van der Waals surface area contributed by atoms with E-state index in [1.807, 2.05) is 0 Å². The van der Waals surface area contributed by atoms with Crippen LogP contribution in [0.25, 0.3) is 0 Å². The van der Waals surface area contributed by atoms with Gasteiger partial charge in [0.05, 0.1) is 0 Å². The number of hydrogen-bond donors (Lipinski definition) is 3. The second-order valence-electron chi connectivity index (χ2n) is 8.04. The molecule has 7 nitrogen and oxygen atoms in total. The molecule has 11 heteroatoms. The van der Waals surface area contributed by atoms with Crippen LogP contribution in [0.4, 0.5) is 17.6 Å². The molecule has 1 aliphatic carbocycles. The van der Waals surface area contributed by atoms with Crippen molar-refractivity contribution in [3.8, 4) is 5.75 Å². The maximum absolute atomic E-state index is 13.9. The number of likely N-dealkylation sites (tertiary alicyclic amines) is 1. The minimum absolute atomic E-state index is 0.0245. The zero-order valence-electron chi connectivity index (χ0n) is 16.6. The summed E-state index contributed by atoms with van der Waals surface area (Å²) in [6.45, 7) is -0.492. The number of hydrogen-bond acceptors (Lipinski definition) is 4. The summed E-state index contributed by atoms with van der Waals surface area (Å²) < 4.78 is 54.5. The first-order chi connectivity index (χ1) is 15.1. The maximum atomic E-state index is 13.9. The molecular formula is C21H19F4N3O4. The Labute approximate surface area is 179 Å². The van der Waals surface area contributed by atoms with Gasteiger partial charge >= 0.3 is 0 Å². The standard InChI is InChI=1S/C21H19F4N3O4/c22-12-2-1-10(15(23)6-12)7-27-19(31)13-8-26-16(18(30)17(13)29)20(32)28-4-3-21(24,25)14-5-11(14)9-28/h1-2,6,8,11,14,30H,3-5,7,9H2,(H,26,29)(H,27,31). The molecule has 2 amide bonds. The van der Waals surface area contributed by atoms with Gasteiger partial charge in [0.2, 0.25) is 5.43 Å². The summed E-state index contributed by atoms with van der Waals surface area (Å²) >= 11 is 0. The number of pyridine rings is 1. The summed E-state index contributed by atoms with van der Waals surface area (Å²) in [6.07, 6.45) is 0.719. The van der Waals surface area contributed by atoms with Gasteiger partial charge in [0, 0.05) is 49.8 Å². The number of aromatic nitrogens is 1. The smallest absolute Gasteiger partial charge is 0.274 e. The molecule has 2 atom stereocenters. The Balaban J connectivity index is 1.48. The third kappa shape index (κ3) is 4.06. The van der Waals surface area contributed by atoms with Gasteiger partial charge in [-0.15, -0.1) is 0 Å². The number of aromatic hydroxyl groups is 1. The van der Waals surface area contributed by atoms with Gasteiger partial charge in [-0.3, -0.25) is 14.4 Å². The zero-order chi connectivity index (χ0) is 23.2. The Bertz CT molecular complexity index is 1150. The van der Waals surface area contributed by atoms with Crippen molar-refractivity contribution in [3.63, 3.8) is 0 Å². The molecule has 0 radical (unpaired) electrons. The molecule has 1 aromatic heterocycles. The molecule has 170 valence electrons. The van der Waals surface area contributed by atoms with Crippen molar-refractivity contribution >= 4 is 11.8 Å². The van der Waals surface area contributed by atoms with Crippen LogP contribution in [0.15, 0.2) is 29.2 Å². The van der Waals surface area contributed by atoms with E-state index in [9.17, 15) is 37.1 Å². The van der Waals surface area contributed by atoms with Crippen LogP contribution in [0, 0.1) is 23.5 Å². The molecule has 0 spiro atoms. The number of fused-ring (bicyclic) bond motifs is 1. The fraction of sp³-hybridized carbons (Fsp3) is 0.381. The number of benzene rings is 1. The largest absolute Gasteiger partial charge is 0.503 e. The Hall–Kier alpha value is -3.37. The molecule has 3 N–H and O–H groups in total. The van der Waals surface area contributed by atoms with Crippen LogP contribution in [0.1, 0.15) is 39.3 Å². The number of carbonyl (C=O) groups excluding carboxylic acids is 2. The fourth-order valence-corrected chi connectivity index (χ4v) is 3.94. The summed E-state index contributed by atoms with van der Waals surface area (Å²) in [7, 11) is 0. The number of alkyl halides is 2. The van der Waals surface area contributed by atoms with Gasteiger partial charge in [0.1, 0.15) is 17.2 Å². The average molecular weight is 453 g/mol. The number of nitrogens with zero attached hydrogens (tertiary/aromatic N) is 1. The number of carbonyl (C=O) groups is 2. The van der Waals surface area contributed by atoms with E-state index >= 15 is 0 Å². The monoisotopic (exact) mass is 453 g/mol. The van der Waals surface area contributed by atoms with Gasteiger partial charge in [-0.2, -0.15) is 0 Å². The van der Waals surface area contributed by atoms with E-state index < -0.39 is 64.1 Å². The Morgan fingerprint density at radius 2 is 2.03 bits per heavy atom. The van der Waals surface area contributed by atoms with Gasteiger partial charge in [0.15, 0.2) is 11.4 Å². The minimum atomic E-state index is -2.86. The van der Waals surface area contributed by atoms with Crippen molar-refractivity contribution in [2.45, 2.75) is 25.3 Å². The third-order valence-corrected chi connectivity index (χ3v) is 5.89. The summed E-state index contributed by atoms with van der Waals surface area (Å²) in [5.74, 6) is -8.41. The van der Waals surface area contributed by atoms with Crippen LogP contribution in [0.5, 0.6) is 5.75 Å². The first-order valence-corrected chi connectivity index (χ1v) is 9.92. The molecule has 1 saturated carbocycles. The number of halogens is 4. The first kappa shape index (κ1) is 21.8. The van der Waals surface area contributed by atoms with Crippen LogP contribution in [-0.2, 0) is 6.54 Å². The molecule has 0 bridgehead atoms. The van der Waals surface area contributed by atoms with Crippen LogP contribution < -0.4 is 10.7 Å². The zero-order valence-corrected chi connectivity index (χ0v) is 16.6. The average Bonchev–Trinajstić information content (AvgIpc) is 3.52. The summed E-state index contributed by atoms with van der Waals surface area (Å²) in [6, 6.07) is 2.78. The normalized spacial score (nSPS) is 21.4. The highest BCUT2D eigenvalue weighted by Crippen LogP contribution is 2.52. The van der Waals surface area contributed by atoms with Crippen molar-refractivity contribution in [1.82, 2.24) is 15.2 Å². The lowest BCUT2D eigenvalue weighted by atomic mass is 10.1. The number of rotatable bonds is 4. The SMILES string of the molecule is O=C(NCc1ccc(F)cc1F)c1c[nH]c(C(=O)N2CCC(F)(F)C3CC3C2)c(O)c1=O. The van der Waals surface area contributed by atoms with Crippen molar-refractivity contribution in [2.75, 3.05) is 13.1 Å². The minimum Gasteiger partial charge on any atom is -0.503 e. The number of nitrogens with one attached hydrogen (secondary N) is 2. The molecule has 32 heavy (non-hydrogen) atoms. The second-order valence-corrected chi connectivity index (χ2v) is 8.04. The summed E-state index contributed by atoms with van der Waals surface area (Å²) in [4.78, 5) is 41.0. The first-order valence-electron chi connectivity index (χ1n) is 9.92. The molecule has 1 aromatic carbocycles. The molecule has 4 rings (SSSR count). The van der Waals surface area contributed by atoms with E-state index in [2.05, 4.69) is 10.3 Å². The Kier molecular flexibility index (Phi) is 5.43. The molecule has 2 fully saturated rings. The van der Waals surface area contributed by atoms with E-state index in [0.29, 0.717) is 12.5 Å².